The van der Waals surface area contributed by atoms with Gasteiger partial charge in [0.05, 0.1) is 16.8 Å². The summed E-state index contributed by atoms with van der Waals surface area (Å²) in [4.78, 5) is 4.41. The van der Waals surface area contributed by atoms with Gasteiger partial charge in [0.25, 0.3) is 0 Å². The number of nitrogens with zero attached hydrogens (tertiary/aromatic N) is 1. The fourth-order valence-electron chi connectivity index (χ4n) is 1.81. The fraction of sp³-hybridized carbons (Fsp3) is 0.357. The third-order valence-corrected chi connectivity index (χ3v) is 4.11. The van der Waals surface area contributed by atoms with Gasteiger partial charge in [-0.05, 0) is 24.6 Å². The molecule has 2 N–H and O–H groups in total. The summed E-state index contributed by atoms with van der Waals surface area (Å²) in [5.74, 6) is 0. The number of nitrogens with one attached hydrogen (secondary N) is 1. The van der Waals surface area contributed by atoms with Crippen LogP contribution < -0.4 is 5.32 Å². The van der Waals surface area contributed by atoms with E-state index in [2.05, 4.69) is 31.6 Å². The summed E-state index contributed by atoms with van der Waals surface area (Å²) in [5.41, 5.74) is 2.04. The Bertz CT molecular complexity index is 530. The zero-order chi connectivity index (χ0) is 13.7. The number of hydrogen-bond donors (Lipinski definition) is 2. The minimum absolute atomic E-state index is 0.477. The standard InChI is InChI=1S/C14H17BrN2OS/c1-10-17-13(9-19-10)5-6-16-8-14(18)11-3-2-4-12(15)7-11/h2-4,7,9,14,16,18H,5-6,8H2,1H3. The molecule has 0 spiro atoms. The van der Waals surface area contributed by atoms with Gasteiger partial charge >= 0.3 is 0 Å². The molecule has 2 rings (SSSR count). The molecular weight excluding hydrogens is 324 g/mol. The summed E-state index contributed by atoms with van der Waals surface area (Å²) < 4.78 is 0.988. The highest BCUT2D eigenvalue weighted by Gasteiger charge is 2.07. The van der Waals surface area contributed by atoms with Gasteiger partial charge in [0, 0.05) is 29.4 Å². The average molecular weight is 341 g/mol. The Labute approximate surface area is 125 Å². The second kappa shape index (κ2) is 7.14. The Balaban J connectivity index is 1.73. The first-order valence-corrected chi connectivity index (χ1v) is 7.87. The van der Waals surface area contributed by atoms with E-state index < -0.39 is 6.10 Å². The lowest BCUT2D eigenvalue weighted by Crippen LogP contribution is -2.23. The van der Waals surface area contributed by atoms with Crippen LogP contribution in [0.15, 0.2) is 34.1 Å². The monoisotopic (exact) mass is 340 g/mol. The summed E-state index contributed by atoms with van der Waals surface area (Å²) in [6.45, 7) is 3.40. The van der Waals surface area contributed by atoms with Gasteiger partial charge in [-0.25, -0.2) is 4.98 Å². The minimum Gasteiger partial charge on any atom is -0.387 e. The lowest BCUT2D eigenvalue weighted by Gasteiger charge is -2.12. The number of hydrogen-bond acceptors (Lipinski definition) is 4. The molecule has 0 amide bonds. The summed E-state index contributed by atoms with van der Waals surface area (Å²) in [5, 5.41) is 16.5. The number of halogens is 1. The van der Waals surface area contributed by atoms with E-state index in [0.29, 0.717) is 6.54 Å². The Morgan fingerprint density at radius 2 is 2.32 bits per heavy atom. The highest BCUT2D eigenvalue weighted by molar-refractivity contribution is 9.10. The Morgan fingerprint density at radius 1 is 1.47 bits per heavy atom. The first kappa shape index (κ1) is 14.7. The van der Waals surface area contributed by atoms with Crippen LogP contribution in [0.25, 0.3) is 0 Å². The van der Waals surface area contributed by atoms with Crippen LogP contribution in [0.3, 0.4) is 0 Å². The van der Waals surface area contributed by atoms with Crippen LogP contribution in [0.1, 0.15) is 22.4 Å². The quantitative estimate of drug-likeness (QED) is 0.794. The molecule has 19 heavy (non-hydrogen) atoms. The minimum atomic E-state index is -0.477. The van der Waals surface area contributed by atoms with E-state index >= 15 is 0 Å². The van der Waals surface area contributed by atoms with Crippen LogP contribution in [-0.2, 0) is 6.42 Å². The first-order valence-electron chi connectivity index (χ1n) is 6.20. The molecule has 0 radical (unpaired) electrons. The molecule has 5 heteroatoms. The molecular formula is C14H17BrN2OS. The lowest BCUT2D eigenvalue weighted by molar-refractivity contribution is 0.175. The topological polar surface area (TPSA) is 45.2 Å². The molecule has 0 saturated carbocycles. The number of thiazole rings is 1. The summed E-state index contributed by atoms with van der Waals surface area (Å²) >= 11 is 5.08. The number of aliphatic hydroxyl groups excluding tert-OH is 1. The lowest BCUT2D eigenvalue weighted by atomic mass is 10.1. The van der Waals surface area contributed by atoms with E-state index in [0.717, 1.165) is 33.7 Å². The van der Waals surface area contributed by atoms with Gasteiger partial charge in [0.15, 0.2) is 0 Å². The van der Waals surface area contributed by atoms with Crippen molar-refractivity contribution in [2.45, 2.75) is 19.4 Å². The van der Waals surface area contributed by atoms with Gasteiger partial charge in [-0.3, -0.25) is 0 Å². The van der Waals surface area contributed by atoms with Crippen molar-refractivity contribution in [1.29, 1.82) is 0 Å². The molecule has 102 valence electrons. The summed E-state index contributed by atoms with van der Waals surface area (Å²) in [6, 6.07) is 7.76. The van der Waals surface area contributed by atoms with Crippen molar-refractivity contribution in [3.05, 3.63) is 50.4 Å². The van der Waals surface area contributed by atoms with E-state index in [1.165, 1.54) is 0 Å². The van der Waals surface area contributed by atoms with Gasteiger partial charge in [-0.2, -0.15) is 0 Å². The second-order valence-electron chi connectivity index (χ2n) is 4.38. The van der Waals surface area contributed by atoms with Gasteiger partial charge in [0.2, 0.25) is 0 Å². The Kier molecular flexibility index (Phi) is 5.51. The molecule has 0 aliphatic heterocycles. The van der Waals surface area contributed by atoms with Crippen LogP contribution in [0.2, 0.25) is 0 Å². The van der Waals surface area contributed by atoms with Crippen molar-refractivity contribution in [2.75, 3.05) is 13.1 Å². The van der Waals surface area contributed by atoms with Crippen molar-refractivity contribution >= 4 is 27.3 Å². The molecule has 0 aliphatic rings. The first-order chi connectivity index (χ1) is 9.15. The molecule has 0 fully saturated rings. The van der Waals surface area contributed by atoms with E-state index in [9.17, 15) is 5.11 Å². The number of aryl methyl sites for hydroxylation is 1. The smallest absolute Gasteiger partial charge is 0.0914 e. The van der Waals surface area contributed by atoms with Gasteiger partial charge < -0.3 is 10.4 Å². The molecule has 1 aromatic carbocycles. The molecule has 1 aromatic heterocycles. The van der Waals surface area contributed by atoms with Crippen molar-refractivity contribution < 1.29 is 5.11 Å². The number of aliphatic hydroxyl groups is 1. The third-order valence-electron chi connectivity index (χ3n) is 2.80. The maximum atomic E-state index is 10.0. The van der Waals surface area contributed by atoms with Crippen LogP contribution in [0.5, 0.6) is 0 Å². The van der Waals surface area contributed by atoms with E-state index in [-0.39, 0.29) is 0 Å². The van der Waals surface area contributed by atoms with Crippen molar-refractivity contribution in [2.24, 2.45) is 0 Å². The van der Waals surface area contributed by atoms with E-state index in [4.69, 9.17) is 0 Å². The van der Waals surface area contributed by atoms with Gasteiger partial charge in [0.1, 0.15) is 0 Å². The molecule has 0 saturated heterocycles. The number of benzene rings is 1. The maximum Gasteiger partial charge on any atom is 0.0914 e. The highest BCUT2D eigenvalue weighted by Crippen LogP contribution is 2.17. The predicted molar refractivity (Wildman–Crippen MR) is 82.5 cm³/mol. The zero-order valence-electron chi connectivity index (χ0n) is 10.8. The van der Waals surface area contributed by atoms with Crippen molar-refractivity contribution in [3.8, 4) is 0 Å². The van der Waals surface area contributed by atoms with Crippen LogP contribution >= 0.6 is 27.3 Å². The van der Waals surface area contributed by atoms with E-state index in [1.54, 1.807) is 11.3 Å². The van der Waals surface area contributed by atoms with Gasteiger partial charge in [-0.1, -0.05) is 28.1 Å². The Hall–Kier alpha value is -0.750. The SMILES string of the molecule is Cc1nc(CCNCC(O)c2cccc(Br)c2)cs1. The normalized spacial score (nSPS) is 12.6. The number of rotatable bonds is 6. The van der Waals surface area contributed by atoms with E-state index in [1.807, 2.05) is 31.2 Å². The molecule has 1 heterocycles. The Morgan fingerprint density at radius 3 is 3.00 bits per heavy atom. The van der Waals surface area contributed by atoms with Crippen molar-refractivity contribution in [1.82, 2.24) is 10.3 Å². The van der Waals surface area contributed by atoms with Crippen LogP contribution in [0, 0.1) is 6.92 Å². The summed E-state index contributed by atoms with van der Waals surface area (Å²) in [7, 11) is 0. The highest BCUT2D eigenvalue weighted by atomic mass is 79.9. The molecule has 2 aromatic rings. The van der Waals surface area contributed by atoms with Crippen LogP contribution in [0.4, 0.5) is 0 Å². The molecule has 3 nitrogen and oxygen atoms in total. The molecule has 1 unspecified atom stereocenters. The van der Waals surface area contributed by atoms with Crippen LogP contribution in [-0.4, -0.2) is 23.2 Å². The molecule has 1 atom stereocenters. The van der Waals surface area contributed by atoms with Crippen molar-refractivity contribution in [3.63, 3.8) is 0 Å². The predicted octanol–water partition coefficient (Wildman–Crippen LogP) is 3.08. The zero-order valence-corrected chi connectivity index (χ0v) is 13.2. The third kappa shape index (κ3) is 4.69. The molecule has 0 bridgehead atoms. The maximum absolute atomic E-state index is 10.0. The number of aromatic nitrogens is 1. The van der Waals surface area contributed by atoms with Gasteiger partial charge in [-0.15, -0.1) is 11.3 Å². The second-order valence-corrected chi connectivity index (χ2v) is 6.36. The fourth-order valence-corrected chi connectivity index (χ4v) is 2.87. The average Bonchev–Trinajstić information content (AvgIpc) is 2.80. The largest absolute Gasteiger partial charge is 0.387 e. The molecule has 0 aliphatic carbocycles. The summed E-state index contributed by atoms with van der Waals surface area (Å²) in [6.07, 6.45) is 0.421.